The zero-order chi connectivity index (χ0) is 24.0. The standard InChI is InChI=1S/C27H19FN4O3/c28-20-6-10-22(11-7-20)34-24-5-3-4-19(18-24)27(33)29-21-8-12-23(13-9-21)35-26-15-14-25(30-31-26)32-16-1-2-17-32/h1-18H,(H,29,33). The summed E-state index contributed by atoms with van der Waals surface area (Å²) >= 11 is 0. The fourth-order valence-corrected chi connectivity index (χ4v) is 3.26. The molecule has 2 aromatic heterocycles. The first-order valence-electron chi connectivity index (χ1n) is 10.7. The normalized spacial score (nSPS) is 10.5. The number of carbonyl (C=O) groups is 1. The molecule has 5 rings (SSSR count). The molecule has 35 heavy (non-hydrogen) atoms. The molecule has 1 amide bonds. The van der Waals surface area contributed by atoms with Gasteiger partial charge in [-0.1, -0.05) is 6.07 Å². The molecule has 0 radical (unpaired) electrons. The topological polar surface area (TPSA) is 78.3 Å². The predicted molar refractivity (Wildman–Crippen MR) is 129 cm³/mol. The van der Waals surface area contributed by atoms with Gasteiger partial charge in [-0.15, -0.1) is 10.2 Å². The van der Waals surface area contributed by atoms with Crippen molar-refractivity contribution in [1.82, 2.24) is 14.8 Å². The van der Waals surface area contributed by atoms with Gasteiger partial charge >= 0.3 is 0 Å². The SMILES string of the molecule is O=C(Nc1ccc(Oc2ccc(-n3cccc3)nn2)cc1)c1cccc(Oc2ccc(F)cc2)c1. The second kappa shape index (κ2) is 9.88. The first-order chi connectivity index (χ1) is 17.1. The molecule has 0 unspecified atom stereocenters. The molecular weight excluding hydrogens is 447 g/mol. The van der Waals surface area contributed by atoms with Crippen molar-refractivity contribution in [3.05, 3.63) is 121 Å². The summed E-state index contributed by atoms with van der Waals surface area (Å²) in [6.07, 6.45) is 3.76. The van der Waals surface area contributed by atoms with E-state index >= 15 is 0 Å². The van der Waals surface area contributed by atoms with Gasteiger partial charge in [-0.05, 0) is 84.9 Å². The van der Waals surface area contributed by atoms with E-state index in [1.54, 1.807) is 54.6 Å². The third-order valence-electron chi connectivity index (χ3n) is 4.98. The molecule has 0 bridgehead atoms. The Hall–Kier alpha value is -4.98. The molecular formula is C27H19FN4O3. The van der Waals surface area contributed by atoms with Crippen LogP contribution in [-0.2, 0) is 0 Å². The Morgan fingerprint density at radius 1 is 0.743 bits per heavy atom. The second-order valence-electron chi connectivity index (χ2n) is 7.48. The Morgan fingerprint density at radius 2 is 1.46 bits per heavy atom. The summed E-state index contributed by atoms with van der Waals surface area (Å²) in [5, 5.41) is 11.1. The van der Waals surface area contributed by atoms with Gasteiger partial charge < -0.3 is 19.4 Å². The molecule has 0 saturated carbocycles. The minimum Gasteiger partial charge on any atom is -0.457 e. The predicted octanol–water partition coefficient (Wildman–Crippen LogP) is 6.24. The number of anilines is 1. The van der Waals surface area contributed by atoms with Crippen LogP contribution in [0.5, 0.6) is 23.1 Å². The van der Waals surface area contributed by atoms with Crippen molar-refractivity contribution in [1.29, 1.82) is 0 Å². The van der Waals surface area contributed by atoms with E-state index in [0.717, 1.165) is 0 Å². The Labute approximate surface area is 200 Å². The van der Waals surface area contributed by atoms with Crippen LogP contribution in [0.2, 0.25) is 0 Å². The van der Waals surface area contributed by atoms with Crippen LogP contribution in [-0.4, -0.2) is 20.7 Å². The largest absolute Gasteiger partial charge is 0.457 e. The lowest BCUT2D eigenvalue weighted by Gasteiger charge is -2.09. The molecule has 0 spiro atoms. The number of aromatic nitrogens is 3. The van der Waals surface area contributed by atoms with Gasteiger partial charge in [-0.3, -0.25) is 4.79 Å². The van der Waals surface area contributed by atoms with Crippen LogP contribution in [0.1, 0.15) is 10.4 Å². The number of hydrogen-bond acceptors (Lipinski definition) is 5. The van der Waals surface area contributed by atoms with Crippen molar-refractivity contribution in [3.63, 3.8) is 0 Å². The fraction of sp³-hybridized carbons (Fsp3) is 0. The third-order valence-corrected chi connectivity index (χ3v) is 4.98. The molecule has 2 heterocycles. The Bertz CT molecular complexity index is 1420. The molecule has 5 aromatic rings. The van der Waals surface area contributed by atoms with E-state index in [2.05, 4.69) is 15.5 Å². The second-order valence-corrected chi connectivity index (χ2v) is 7.48. The van der Waals surface area contributed by atoms with Crippen molar-refractivity contribution in [2.24, 2.45) is 0 Å². The highest BCUT2D eigenvalue weighted by atomic mass is 19.1. The molecule has 7 nitrogen and oxygen atoms in total. The van der Waals surface area contributed by atoms with Gasteiger partial charge in [0.05, 0.1) is 0 Å². The maximum Gasteiger partial charge on any atom is 0.255 e. The maximum atomic E-state index is 13.1. The highest BCUT2D eigenvalue weighted by Gasteiger charge is 2.09. The zero-order valence-electron chi connectivity index (χ0n) is 18.3. The maximum absolute atomic E-state index is 13.1. The average molecular weight is 466 g/mol. The Morgan fingerprint density at radius 3 is 2.17 bits per heavy atom. The van der Waals surface area contributed by atoms with E-state index in [1.165, 1.54) is 24.3 Å². The van der Waals surface area contributed by atoms with E-state index in [0.29, 0.717) is 40.2 Å². The minimum atomic E-state index is -0.347. The smallest absolute Gasteiger partial charge is 0.255 e. The Balaban J connectivity index is 1.20. The summed E-state index contributed by atoms with van der Waals surface area (Å²) in [7, 11) is 0. The summed E-state index contributed by atoms with van der Waals surface area (Å²) in [4.78, 5) is 12.7. The lowest BCUT2D eigenvalue weighted by Crippen LogP contribution is -2.11. The number of benzene rings is 3. The molecule has 0 aliphatic rings. The van der Waals surface area contributed by atoms with Crippen LogP contribution in [0, 0.1) is 5.82 Å². The molecule has 8 heteroatoms. The number of nitrogens with zero attached hydrogens (tertiary/aromatic N) is 3. The highest BCUT2D eigenvalue weighted by molar-refractivity contribution is 6.04. The third kappa shape index (κ3) is 5.51. The van der Waals surface area contributed by atoms with Crippen molar-refractivity contribution >= 4 is 11.6 Å². The van der Waals surface area contributed by atoms with Crippen LogP contribution >= 0.6 is 0 Å². The zero-order valence-corrected chi connectivity index (χ0v) is 18.3. The summed E-state index contributed by atoms with van der Waals surface area (Å²) < 4.78 is 26.4. The summed E-state index contributed by atoms with van der Waals surface area (Å²) in [6.45, 7) is 0. The first-order valence-corrected chi connectivity index (χ1v) is 10.7. The van der Waals surface area contributed by atoms with Gasteiger partial charge in [0.1, 0.15) is 23.1 Å². The molecule has 3 aromatic carbocycles. The molecule has 0 saturated heterocycles. The van der Waals surface area contributed by atoms with E-state index in [9.17, 15) is 9.18 Å². The van der Waals surface area contributed by atoms with Crippen LogP contribution in [0.25, 0.3) is 5.82 Å². The summed E-state index contributed by atoms with van der Waals surface area (Å²) in [5.41, 5.74) is 1.02. The molecule has 0 aliphatic carbocycles. The highest BCUT2D eigenvalue weighted by Crippen LogP contribution is 2.24. The number of hydrogen-bond donors (Lipinski definition) is 1. The molecule has 0 fully saturated rings. The quantitative estimate of drug-likeness (QED) is 0.307. The van der Waals surface area contributed by atoms with Crippen LogP contribution < -0.4 is 14.8 Å². The van der Waals surface area contributed by atoms with E-state index < -0.39 is 0 Å². The number of halogens is 1. The van der Waals surface area contributed by atoms with E-state index in [1.807, 2.05) is 35.2 Å². The number of ether oxygens (including phenoxy) is 2. The van der Waals surface area contributed by atoms with Crippen molar-refractivity contribution in [2.45, 2.75) is 0 Å². The lowest BCUT2D eigenvalue weighted by atomic mass is 10.2. The van der Waals surface area contributed by atoms with Crippen LogP contribution in [0.15, 0.2) is 109 Å². The van der Waals surface area contributed by atoms with Gasteiger partial charge in [0.2, 0.25) is 5.88 Å². The van der Waals surface area contributed by atoms with Gasteiger partial charge in [0.25, 0.3) is 5.91 Å². The average Bonchev–Trinajstić information content (AvgIpc) is 3.42. The number of carbonyl (C=O) groups excluding carboxylic acids is 1. The Kier molecular flexibility index (Phi) is 6.17. The fourth-order valence-electron chi connectivity index (χ4n) is 3.26. The number of rotatable bonds is 7. The van der Waals surface area contributed by atoms with Crippen molar-refractivity contribution < 1.29 is 18.7 Å². The molecule has 172 valence electrons. The minimum absolute atomic E-state index is 0.297. The monoisotopic (exact) mass is 466 g/mol. The molecule has 1 N–H and O–H groups in total. The number of nitrogens with one attached hydrogen (secondary N) is 1. The lowest BCUT2D eigenvalue weighted by molar-refractivity contribution is 0.102. The van der Waals surface area contributed by atoms with Crippen LogP contribution in [0.4, 0.5) is 10.1 Å². The molecule has 0 aliphatic heterocycles. The van der Waals surface area contributed by atoms with Crippen molar-refractivity contribution in [3.8, 4) is 28.9 Å². The molecule has 0 atom stereocenters. The van der Waals surface area contributed by atoms with Gasteiger partial charge in [0, 0.05) is 29.7 Å². The van der Waals surface area contributed by atoms with E-state index in [4.69, 9.17) is 9.47 Å². The summed E-state index contributed by atoms with van der Waals surface area (Å²) in [6, 6.07) is 26.7. The van der Waals surface area contributed by atoms with Gasteiger partial charge in [-0.2, -0.15) is 0 Å². The van der Waals surface area contributed by atoms with Crippen molar-refractivity contribution in [2.75, 3.05) is 5.32 Å². The van der Waals surface area contributed by atoms with Gasteiger partial charge in [-0.25, -0.2) is 4.39 Å². The van der Waals surface area contributed by atoms with E-state index in [-0.39, 0.29) is 11.7 Å². The van der Waals surface area contributed by atoms with Crippen LogP contribution in [0.3, 0.4) is 0 Å². The number of amides is 1. The first kappa shape index (κ1) is 21.8. The van der Waals surface area contributed by atoms with Gasteiger partial charge in [0.15, 0.2) is 5.82 Å². The summed E-state index contributed by atoms with van der Waals surface area (Å²) in [5.74, 6) is 1.90.